The molecule has 118 valence electrons. The van der Waals surface area contributed by atoms with E-state index < -0.39 is 0 Å². The van der Waals surface area contributed by atoms with Crippen LogP contribution in [0.25, 0.3) is 0 Å². The van der Waals surface area contributed by atoms with Crippen molar-refractivity contribution in [2.75, 3.05) is 19.8 Å². The third-order valence-corrected chi connectivity index (χ3v) is 3.53. The Morgan fingerprint density at radius 1 is 1.33 bits per heavy atom. The fourth-order valence-electron chi connectivity index (χ4n) is 2.32. The molecule has 21 heavy (non-hydrogen) atoms. The fraction of sp³-hybridized carbons (Fsp3) is 0.706. The van der Waals surface area contributed by atoms with Gasteiger partial charge in [0.2, 0.25) is 5.88 Å². The highest BCUT2D eigenvalue weighted by molar-refractivity contribution is 5.27. The number of aromatic nitrogens is 1. The lowest BCUT2D eigenvalue weighted by molar-refractivity contribution is 0.137. The van der Waals surface area contributed by atoms with Gasteiger partial charge in [-0.3, -0.25) is 0 Å². The van der Waals surface area contributed by atoms with Crippen LogP contribution in [0.1, 0.15) is 51.3 Å². The van der Waals surface area contributed by atoms with Crippen molar-refractivity contribution in [2.45, 2.75) is 52.7 Å². The van der Waals surface area contributed by atoms with Gasteiger partial charge in [0.15, 0.2) is 0 Å². The van der Waals surface area contributed by atoms with Crippen LogP contribution in [0.15, 0.2) is 12.1 Å². The second-order valence-corrected chi connectivity index (χ2v) is 6.52. The zero-order valence-corrected chi connectivity index (χ0v) is 13.7. The van der Waals surface area contributed by atoms with E-state index in [9.17, 15) is 0 Å². The maximum absolute atomic E-state index is 5.97. The Bertz CT molecular complexity index is 440. The third kappa shape index (κ3) is 5.29. The topological polar surface area (TPSA) is 43.4 Å². The minimum absolute atomic E-state index is 0.149. The molecule has 4 nitrogen and oxygen atoms in total. The number of hydrogen-bond acceptors (Lipinski definition) is 4. The van der Waals surface area contributed by atoms with Crippen LogP contribution in [0.5, 0.6) is 5.88 Å². The lowest BCUT2D eigenvalue weighted by Gasteiger charge is -2.15. The molecule has 4 heteroatoms. The maximum Gasteiger partial charge on any atom is 0.214 e. The molecule has 0 aromatic carbocycles. The summed E-state index contributed by atoms with van der Waals surface area (Å²) >= 11 is 0. The Kier molecular flexibility index (Phi) is 6.00. The molecule has 0 radical (unpaired) electrons. The van der Waals surface area contributed by atoms with Crippen molar-refractivity contribution >= 4 is 0 Å². The molecule has 0 saturated carbocycles. The third-order valence-electron chi connectivity index (χ3n) is 3.53. The highest BCUT2D eigenvalue weighted by Gasteiger charge is 2.18. The largest absolute Gasteiger partial charge is 0.472 e. The molecule has 1 aromatic rings. The van der Waals surface area contributed by atoms with Crippen LogP contribution in [0.4, 0.5) is 0 Å². The van der Waals surface area contributed by atoms with Gasteiger partial charge in [-0.2, -0.15) is 0 Å². The number of rotatable bonds is 7. The van der Waals surface area contributed by atoms with Gasteiger partial charge in [-0.05, 0) is 30.0 Å². The number of nitrogens with one attached hydrogen (secondary N) is 1. The van der Waals surface area contributed by atoms with E-state index in [0.29, 0.717) is 18.4 Å². The first-order valence-electron chi connectivity index (χ1n) is 8.00. The molecule has 1 unspecified atom stereocenters. The van der Waals surface area contributed by atoms with Crippen LogP contribution in [0, 0.1) is 5.92 Å². The summed E-state index contributed by atoms with van der Waals surface area (Å²) in [6.07, 6.45) is 1.10. The molecule has 2 rings (SSSR count). The Morgan fingerprint density at radius 3 is 2.76 bits per heavy atom. The first kappa shape index (κ1) is 16.2. The van der Waals surface area contributed by atoms with Gasteiger partial charge < -0.3 is 14.8 Å². The Labute approximate surface area is 128 Å². The summed E-state index contributed by atoms with van der Waals surface area (Å²) < 4.78 is 11.3. The van der Waals surface area contributed by atoms with Crippen LogP contribution >= 0.6 is 0 Å². The minimum Gasteiger partial charge on any atom is -0.472 e. The van der Waals surface area contributed by atoms with Gasteiger partial charge in [0.05, 0.1) is 13.2 Å². The molecule has 1 aliphatic heterocycles. The lowest BCUT2D eigenvalue weighted by Crippen LogP contribution is -2.20. The zero-order valence-electron chi connectivity index (χ0n) is 13.7. The van der Waals surface area contributed by atoms with Gasteiger partial charge in [-0.25, -0.2) is 4.98 Å². The normalized spacial score (nSPS) is 18.7. The second-order valence-electron chi connectivity index (χ2n) is 6.52. The van der Waals surface area contributed by atoms with Gasteiger partial charge in [0.1, 0.15) is 6.10 Å². The molecule has 0 spiro atoms. The molecule has 1 aromatic heterocycles. The van der Waals surface area contributed by atoms with E-state index >= 15 is 0 Å². The number of nitrogens with zero attached hydrogens (tertiary/aromatic N) is 1. The van der Waals surface area contributed by atoms with E-state index in [0.717, 1.165) is 37.7 Å². The van der Waals surface area contributed by atoms with Crippen LogP contribution in [0.2, 0.25) is 0 Å². The van der Waals surface area contributed by atoms with E-state index in [4.69, 9.17) is 9.47 Å². The summed E-state index contributed by atoms with van der Waals surface area (Å²) in [6.45, 7) is 12.1. The Hall–Kier alpha value is -1.13. The zero-order chi connectivity index (χ0) is 15.2. The minimum atomic E-state index is 0.149. The van der Waals surface area contributed by atoms with Crippen molar-refractivity contribution in [1.82, 2.24) is 10.3 Å². The van der Waals surface area contributed by atoms with Gasteiger partial charge in [0.25, 0.3) is 0 Å². The van der Waals surface area contributed by atoms with Crippen LogP contribution in [0.3, 0.4) is 0 Å². The van der Waals surface area contributed by atoms with Gasteiger partial charge >= 0.3 is 0 Å². The van der Waals surface area contributed by atoms with E-state index in [2.05, 4.69) is 50.1 Å². The second kappa shape index (κ2) is 7.76. The Morgan fingerprint density at radius 2 is 2.14 bits per heavy atom. The summed E-state index contributed by atoms with van der Waals surface area (Å²) in [5.41, 5.74) is 2.33. The predicted molar refractivity (Wildman–Crippen MR) is 84.7 cm³/mol. The number of hydrogen-bond donors (Lipinski definition) is 1. The summed E-state index contributed by atoms with van der Waals surface area (Å²) in [5.74, 6) is 1.79. The maximum atomic E-state index is 5.97. The van der Waals surface area contributed by atoms with E-state index in [1.54, 1.807) is 0 Å². The van der Waals surface area contributed by atoms with Crippen LogP contribution < -0.4 is 10.1 Å². The van der Waals surface area contributed by atoms with Crippen molar-refractivity contribution in [3.63, 3.8) is 0 Å². The van der Waals surface area contributed by atoms with Crippen molar-refractivity contribution in [3.05, 3.63) is 23.4 Å². The van der Waals surface area contributed by atoms with Crippen molar-refractivity contribution in [3.8, 4) is 5.88 Å². The first-order chi connectivity index (χ1) is 10.0. The van der Waals surface area contributed by atoms with Crippen molar-refractivity contribution in [2.24, 2.45) is 5.92 Å². The first-order valence-corrected chi connectivity index (χ1v) is 8.00. The van der Waals surface area contributed by atoms with Crippen LogP contribution in [-0.4, -0.2) is 30.8 Å². The molecule has 1 fully saturated rings. The van der Waals surface area contributed by atoms with E-state index in [1.165, 1.54) is 5.56 Å². The summed E-state index contributed by atoms with van der Waals surface area (Å²) in [7, 11) is 0. The average Bonchev–Trinajstić information content (AvgIpc) is 2.91. The quantitative estimate of drug-likeness (QED) is 0.838. The molecular formula is C17H28N2O2. The van der Waals surface area contributed by atoms with Gasteiger partial charge in [0, 0.05) is 24.7 Å². The van der Waals surface area contributed by atoms with E-state index in [-0.39, 0.29) is 6.10 Å². The molecule has 1 atom stereocenters. The fourth-order valence-corrected chi connectivity index (χ4v) is 2.32. The molecule has 1 N–H and O–H groups in total. The average molecular weight is 292 g/mol. The lowest BCUT2D eigenvalue weighted by atomic mass is 10.1. The van der Waals surface area contributed by atoms with Gasteiger partial charge in [-0.15, -0.1) is 0 Å². The van der Waals surface area contributed by atoms with Crippen molar-refractivity contribution in [1.29, 1.82) is 0 Å². The summed E-state index contributed by atoms with van der Waals surface area (Å²) in [5, 5.41) is 3.48. The van der Waals surface area contributed by atoms with Crippen LogP contribution in [-0.2, 0) is 11.3 Å². The molecule has 1 saturated heterocycles. The summed E-state index contributed by atoms with van der Waals surface area (Å²) in [4.78, 5) is 4.63. The highest BCUT2D eigenvalue weighted by Crippen LogP contribution is 2.21. The molecule has 0 bridgehead atoms. The molecule has 0 aliphatic carbocycles. The van der Waals surface area contributed by atoms with Crippen molar-refractivity contribution < 1.29 is 9.47 Å². The van der Waals surface area contributed by atoms with Gasteiger partial charge in [-0.1, -0.05) is 27.7 Å². The Balaban J connectivity index is 2.05. The molecule has 0 amide bonds. The summed E-state index contributed by atoms with van der Waals surface area (Å²) in [6, 6.07) is 4.23. The number of pyridine rings is 1. The monoisotopic (exact) mass is 292 g/mol. The standard InChI is InChI=1S/C17H28N2O2/c1-12(2)9-18-10-14-7-16(13(3)4)19-17(8-14)21-15-5-6-20-11-15/h7-8,12-13,15,18H,5-6,9-11H2,1-4H3. The molecular weight excluding hydrogens is 264 g/mol. The molecule has 2 heterocycles. The SMILES string of the molecule is CC(C)CNCc1cc(OC2CCOC2)nc(C(C)C)c1. The number of ether oxygens (including phenoxy) is 2. The predicted octanol–water partition coefficient (Wildman–Crippen LogP) is 3.12. The highest BCUT2D eigenvalue weighted by atomic mass is 16.5. The van der Waals surface area contributed by atoms with E-state index in [1.807, 2.05) is 0 Å². The smallest absolute Gasteiger partial charge is 0.214 e. The molecule has 1 aliphatic rings.